The predicted octanol–water partition coefficient (Wildman–Crippen LogP) is 5.09. The van der Waals surface area contributed by atoms with Crippen molar-refractivity contribution in [3.8, 4) is 5.75 Å². The molecule has 3 heteroatoms. The molecule has 2 fully saturated rings. The highest BCUT2D eigenvalue weighted by Crippen LogP contribution is 2.64. The van der Waals surface area contributed by atoms with Crippen molar-refractivity contribution in [2.24, 2.45) is 17.3 Å². The molecule has 5 rings (SSSR count). The fraction of sp³-hybridized carbons (Fsp3) is 0.480. The normalized spacial score (nSPS) is 36.7. The number of rotatable bonds is 2. The maximum atomic E-state index is 11.7. The molecule has 2 aromatic rings. The number of benzene rings is 1. The fourth-order valence-corrected chi connectivity index (χ4v) is 6.59. The molecule has 0 radical (unpaired) electrons. The van der Waals surface area contributed by atoms with Gasteiger partial charge in [-0.3, -0.25) is 4.98 Å². The van der Waals surface area contributed by atoms with E-state index in [1.807, 2.05) is 42.5 Å². The Labute approximate surface area is 167 Å². The SMILES string of the molecule is C[C@]12CC[C@@H]3c4ccc(O)cc4CC[C@H]3[C@@H]1CC[C@@]2(O)/C=C/c1ccccn1. The second-order valence-corrected chi connectivity index (χ2v) is 9.31. The Kier molecular flexibility index (Phi) is 4.13. The van der Waals surface area contributed by atoms with Crippen molar-refractivity contribution in [3.63, 3.8) is 0 Å². The highest BCUT2D eigenvalue weighted by Gasteiger charge is 2.60. The summed E-state index contributed by atoms with van der Waals surface area (Å²) in [6, 6.07) is 11.8. The summed E-state index contributed by atoms with van der Waals surface area (Å²) in [5, 5.41) is 21.5. The third-order valence-electron chi connectivity index (χ3n) is 8.14. The molecule has 1 heterocycles. The van der Waals surface area contributed by atoms with Crippen molar-refractivity contribution in [3.05, 3.63) is 65.5 Å². The molecular weight excluding hydrogens is 346 g/mol. The number of aromatic hydroxyl groups is 1. The first-order chi connectivity index (χ1) is 13.5. The van der Waals surface area contributed by atoms with Crippen LogP contribution in [0, 0.1) is 17.3 Å². The molecule has 3 aliphatic rings. The van der Waals surface area contributed by atoms with E-state index >= 15 is 0 Å². The number of pyridine rings is 1. The Hall–Kier alpha value is -2.13. The molecular formula is C25H29NO2. The molecule has 2 saturated carbocycles. The Balaban J connectivity index is 1.44. The van der Waals surface area contributed by atoms with Crippen molar-refractivity contribution in [2.45, 2.75) is 57.0 Å². The first kappa shape index (κ1) is 17.9. The van der Waals surface area contributed by atoms with E-state index in [0.717, 1.165) is 37.8 Å². The van der Waals surface area contributed by atoms with Crippen LogP contribution in [0.15, 0.2) is 48.7 Å². The van der Waals surface area contributed by atoms with Gasteiger partial charge in [0.25, 0.3) is 0 Å². The van der Waals surface area contributed by atoms with Gasteiger partial charge in [-0.25, -0.2) is 0 Å². The number of hydrogen-bond acceptors (Lipinski definition) is 3. The second-order valence-electron chi connectivity index (χ2n) is 9.31. The van der Waals surface area contributed by atoms with Gasteiger partial charge in [0, 0.05) is 11.6 Å². The summed E-state index contributed by atoms with van der Waals surface area (Å²) in [6.45, 7) is 2.32. The first-order valence-corrected chi connectivity index (χ1v) is 10.6. The molecule has 0 amide bonds. The smallest absolute Gasteiger partial charge is 0.115 e. The van der Waals surface area contributed by atoms with Crippen LogP contribution >= 0.6 is 0 Å². The lowest BCUT2D eigenvalue weighted by Crippen LogP contribution is -2.49. The van der Waals surface area contributed by atoms with Crippen molar-refractivity contribution < 1.29 is 10.2 Å². The van der Waals surface area contributed by atoms with Crippen LogP contribution in [0.25, 0.3) is 6.08 Å². The summed E-state index contributed by atoms with van der Waals surface area (Å²) in [6.07, 6.45) is 12.1. The van der Waals surface area contributed by atoms with Gasteiger partial charge in [-0.15, -0.1) is 0 Å². The lowest BCUT2D eigenvalue weighted by Gasteiger charge is -2.52. The molecule has 3 nitrogen and oxygen atoms in total. The molecule has 0 bridgehead atoms. The van der Waals surface area contributed by atoms with Gasteiger partial charge in [0.05, 0.1) is 11.3 Å². The van der Waals surface area contributed by atoms with Crippen molar-refractivity contribution >= 4 is 6.08 Å². The third-order valence-corrected chi connectivity index (χ3v) is 8.14. The maximum Gasteiger partial charge on any atom is 0.115 e. The van der Waals surface area contributed by atoms with E-state index in [0.29, 0.717) is 23.5 Å². The number of phenolic OH excluding ortho intramolecular Hbond substituents is 1. The van der Waals surface area contributed by atoms with E-state index in [1.54, 1.807) is 6.20 Å². The monoisotopic (exact) mass is 375 g/mol. The zero-order valence-electron chi connectivity index (χ0n) is 16.5. The van der Waals surface area contributed by atoms with Crippen LogP contribution in [0.5, 0.6) is 5.75 Å². The molecule has 146 valence electrons. The first-order valence-electron chi connectivity index (χ1n) is 10.6. The summed E-state index contributed by atoms with van der Waals surface area (Å²) >= 11 is 0. The Morgan fingerprint density at radius 1 is 1.11 bits per heavy atom. The highest BCUT2D eigenvalue weighted by molar-refractivity contribution is 5.47. The fourth-order valence-electron chi connectivity index (χ4n) is 6.59. The molecule has 0 unspecified atom stereocenters. The van der Waals surface area contributed by atoms with Gasteiger partial charge in [0.1, 0.15) is 5.75 Å². The van der Waals surface area contributed by atoms with Crippen LogP contribution in [0.2, 0.25) is 0 Å². The van der Waals surface area contributed by atoms with E-state index in [4.69, 9.17) is 0 Å². The second kappa shape index (κ2) is 6.45. The van der Waals surface area contributed by atoms with Crippen molar-refractivity contribution in [2.75, 3.05) is 0 Å². The summed E-state index contributed by atoms with van der Waals surface area (Å²) in [5.41, 5.74) is 2.84. The molecule has 1 aromatic heterocycles. The Bertz CT molecular complexity index is 908. The minimum Gasteiger partial charge on any atom is -0.508 e. The standard InChI is InChI=1S/C25H29NO2/c1-24-12-10-21-20-8-6-19(27)16-17(20)5-7-22(21)23(24)11-14-25(24,28)13-9-18-4-2-3-15-26-18/h2-4,6,8-9,13,15-16,21-23,27-28H,5,7,10-12,14H2,1H3/b13-9+/t21-,22-,23+,24+,25+/m1/s1. The zero-order chi connectivity index (χ0) is 19.4. The number of fused-ring (bicyclic) bond motifs is 5. The summed E-state index contributed by atoms with van der Waals surface area (Å²) in [5.74, 6) is 2.14. The van der Waals surface area contributed by atoms with Crippen LogP contribution in [-0.4, -0.2) is 20.8 Å². The van der Waals surface area contributed by atoms with Crippen molar-refractivity contribution in [1.82, 2.24) is 4.98 Å². The van der Waals surface area contributed by atoms with E-state index in [9.17, 15) is 10.2 Å². The Morgan fingerprint density at radius 2 is 2.00 bits per heavy atom. The summed E-state index contributed by atoms with van der Waals surface area (Å²) in [4.78, 5) is 4.38. The van der Waals surface area contributed by atoms with E-state index < -0.39 is 5.60 Å². The molecule has 1 aromatic carbocycles. The Morgan fingerprint density at radius 3 is 2.82 bits per heavy atom. The number of nitrogens with zero attached hydrogens (tertiary/aromatic N) is 1. The van der Waals surface area contributed by atoms with E-state index in [1.165, 1.54) is 17.5 Å². The van der Waals surface area contributed by atoms with E-state index in [2.05, 4.69) is 18.0 Å². The minimum absolute atomic E-state index is 0.0755. The summed E-state index contributed by atoms with van der Waals surface area (Å²) < 4.78 is 0. The molecule has 28 heavy (non-hydrogen) atoms. The van der Waals surface area contributed by atoms with Crippen LogP contribution < -0.4 is 0 Å². The molecule has 2 N–H and O–H groups in total. The number of aliphatic hydroxyl groups is 1. The molecule has 0 aliphatic heterocycles. The quantitative estimate of drug-likeness (QED) is 0.769. The zero-order valence-corrected chi connectivity index (χ0v) is 16.5. The maximum absolute atomic E-state index is 11.7. The number of hydrogen-bond donors (Lipinski definition) is 2. The lowest BCUT2D eigenvalue weighted by atomic mass is 9.53. The summed E-state index contributed by atoms with van der Waals surface area (Å²) in [7, 11) is 0. The van der Waals surface area contributed by atoms with Gasteiger partial charge in [0.15, 0.2) is 0 Å². The molecule has 0 spiro atoms. The number of aryl methyl sites for hydroxylation is 1. The van der Waals surface area contributed by atoms with Crippen LogP contribution in [-0.2, 0) is 6.42 Å². The topological polar surface area (TPSA) is 53.4 Å². The van der Waals surface area contributed by atoms with Gasteiger partial charge in [-0.1, -0.05) is 25.1 Å². The van der Waals surface area contributed by atoms with Crippen LogP contribution in [0.3, 0.4) is 0 Å². The van der Waals surface area contributed by atoms with Gasteiger partial charge in [-0.05, 0) is 97.7 Å². The number of phenols is 1. The highest BCUT2D eigenvalue weighted by atomic mass is 16.3. The van der Waals surface area contributed by atoms with Gasteiger partial charge < -0.3 is 10.2 Å². The minimum atomic E-state index is -0.755. The average molecular weight is 376 g/mol. The largest absolute Gasteiger partial charge is 0.508 e. The average Bonchev–Trinajstić information content (AvgIpc) is 2.98. The van der Waals surface area contributed by atoms with Gasteiger partial charge >= 0.3 is 0 Å². The van der Waals surface area contributed by atoms with E-state index in [-0.39, 0.29) is 5.41 Å². The number of aromatic nitrogens is 1. The predicted molar refractivity (Wildman–Crippen MR) is 111 cm³/mol. The lowest BCUT2D eigenvalue weighted by molar-refractivity contribution is -0.0705. The molecule has 5 atom stereocenters. The molecule has 0 saturated heterocycles. The van der Waals surface area contributed by atoms with Gasteiger partial charge in [0.2, 0.25) is 0 Å². The van der Waals surface area contributed by atoms with Crippen molar-refractivity contribution in [1.29, 1.82) is 0 Å². The third kappa shape index (κ3) is 2.63. The molecule has 3 aliphatic carbocycles. The van der Waals surface area contributed by atoms with Gasteiger partial charge in [-0.2, -0.15) is 0 Å². The van der Waals surface area contributed by atoms with Crippen LogP contribution in [0.4, 0.5) is 0 Å². The van der Waals surface area contributed by atoms with Crippen LogP contribution in [0.1, 0.15) is 61.8 Å².